The van der Waals surface area contributed by atoms with Crippen molar-refractivity contribution in [3.63, 3.8) is 0 Å². The molecule has 6 heteroatoms. The number of anilines is 2. The highest BCUT2D eigenvalue weighted by atomic mass is 19.1. The molecule has 0 spiro atoms. The van der Waals surface area contributed by atoms with E-state index >= 15 is 0 Å². The van der Waals surface area contributed by atoms with E-state index in [4.69, 9.17) is 5.84 Å². The molecule has 0 aliphatic rings. The average Bonchev–Trinajstić information content (AvgIpc) is 2.42. The summed E-state index contributed by atoms with van der Waals surface area (Å²) < 4.78 is 26.1. The zero-order valence-corrected chi connectivity index (χ0v) is 9.78. The van der Waals surface area contributed by atoms with Crippen molar-refractivity contribution in [1.82, 2.24) is 0 Å². The number of amides is 1. The van der Waals surface area contributed by atoms with E-state index in [0.717, 1.165) is 6.07 Å². The molecule has 0 heterocycles. The molecule has 19 heavy (non-hydrogen) atoms. The monoisotopic (exact) mass is 263 g/mol. The minimum absolute atomic E-state index is 0.0765. The minimum atomic E-state index is -0.825. The Morgan fingerprint density at radius 2 is 1.74 bits per heavy atom. The van der Waals surface area contributed by atoms with Gasteiger partial charge in [0, 0.05) is 17.3 Å². The number of rotatable bonds is 3. The van der Waals surface area contributed by atoms with Gasteiger partial charge >= 0.3 is 0 Å². The van der Waals surface area contributed by atoms with E-state index in [2.05, 4.69) is 10.7 Å². The minimum Gasteiger partial charge on any atom is -0.324 e. The maximum atomic E-state index is 13.4. The third-order valence-corrected chi connectivity index (χ3v) is 2.49. The second-order valence-corrected chi connectivity index (χ2v) is 3.80. The zero-order chi connectivity index (χ0) is 13.8. The maximum absolute atomic E-state index is 13.4. The molecule has 2 aromatic rings. The molecule has 0 aliphatic carbocycles. The molecule has 0 fully saturated rings. The van der Waals surface area contributed by atoms with Crippen molar-refractivity contribution in [1.29, 1.82) is 0 Å². The summed E-state index contributed by atoms with van der Waals surface area (Å²) in [6, 6.07) is 9.22. The third kappa shape index (κ3) is 3.05. The highest BCUT2D eigenvalue weighted by molar-refractivity contribution is 6.04. The van der Waals surface area contributed by atoms with Crippen LogP contribution in [0.15, 0.2) is 42.5 Å². The van der Waals surface area contributed by atoms with Crippen molar-refractivity contribution in [3.05, 3.63) is 59.7 Å². The molecular weight excluding hydrogens is 252 g/mol. The lowest BCUT2D eigenvalue weighted by Crippen LogP contribution is -2.13. The molecule has 0 saturated heterocycles. The molecule has 0 radical (unpaired) electrons. The predicted octanol–water partition coefficient (Wildman–Crippen LogP) is 2.50. The van der Waals surface area contributed by atoms with Crippen LogP contribution in [0.3, 0.4) is 0 Å². The Hall–Kier alpha value is -2.47. The van der Waals surface area contributed by atoms with Crippen LogP contribution in [-0.2, 0) is 0 Å². The summed E-state index contributed by atoms with van der Waals surface area (Å²) in [4.78, 5) is 11.8. The fourth-order valence-corrected chi connectivity index (χ4v) is 1.50. The molecule has 4 N–H and O–H groups in total. The number of hydrazine groups is 1. The summed E-state index contributed by atoms with van der Waals surface area (Å²) in [5, 5.41) is 2.36. The van der Waals surface area contributed by atoms with Crippen LogP contribution in [0.1, 0.15) is 10.4 Å². The predicted molar refractivity (Wildman–Crippen MR) is 68.6 cm³/mol. The van der Waals surface area contributed by atoms with Gasteiger partial charge in [-0.2, -0.15) is 0 Å². The van der Waals surface area contributed by atoms with Crippen LogP contribution in [0.4, 0.5) is 20.2 Å². The number of hydrogen-bond acceptors (Lipinski definition) is 3. The number of nitrogens with two attached hydrogens (primary N) is 1. The molecule has 1 amide bonds. The van der Waals surface area contributed by atoms with Crippen molar-refractivity contribution < 1.29 is 13.6 Å². The second-order valence-electron chi connectivity index (χ2n) is 3.80. The molecule has 0 aliphatic heterocycles. The first kappa shape index (κ1) is 13.0. The Labute approximate surface area is 108 Å². The molecule has 0 saturated carbocycles. The largest absolute Gasteiger partial charge is 0.324 e. The van der Waals surface area contributed by atoms with Gasteiger partial charge in [-0.25, -0.2) is 8.78 Å². The third-order valence-electron chi connectivity index (χ3n) is 2.49. The van der Waals surface area contributed by atoms with Crippen LogP contribution >= 0.6 is 0 Å². The van der Waals surface area contributed by atoms with Crippen molar-refractivity contribution in [2.45, 2.75) is 0 Å². The van der Waals surface area contributed by atoms with Gasteiger partial charge in [0.1, 0.15) is 11.6 Å². The second kappa shape index (κ2) is 5.45. The normalized spacial score (nSPS) is 10.1. The summed E-state index contributed by atoms with van der Waals surface area (Å²) in [6.45, 7) is 0. The van der Waals surface area contributed by atoms with Crippen molar-refractivity contribution in [3.8, 4) is 0 Å². The molecule has 2 aromatic carbocycles. The number of nitrogens with one attached hydrogen (secondary N) is 2. The van der Waals surface area contributed by atoms with Crippen LogP contribution in [0.25, 0.3) is 0 Å². The van der Waals surface area contributed by atoms with Gasteiger partial charge < -0.3 is 10.7 Å². The van der Waals surface area contributed by atoms with Gasteiger partial charge in [-0.1, -0.05) is 0 Å². The molecule has 0 aromatic heterocycles. The highest BCUT2D eigenvalue weighted by Gasteiger charge is 2.09. The lowest BCUT2D eigenvalue weighted by Gasteiger charge is -2.07. The van der Waals surface area contributed by atoms with Gasteiger partial charge in [0.25, 0.3) is 5.91 Å². The summed E-state index contributed by atoms with van der Waals surface area (Å²) in [6.07, 6.45) is 0. The van der Waals surface area contributed by atoms with Gasteiger partial charge in [0.15, 0.2) is 0 Å². The van der Waals surface area contributed by atoms with Crippen LogP contribution in [-0.4, -0.2) is 5.91 Å². The fourth-order valence-electron chi connectivity index (χ4n) is 1.50. The summed E-state index contributed by atoms with van der Waals surface area (Å²) in [7, 11) is 0. The fraction of sp³-hybridized carbons (Fsp3) is 0. The number of halogens is 2. The number of carbonyl (C=O) groups is 1. The molecule has 4 nitrogen and oxygen atoms in total. The molecule has 0 atom stereocenters. The van der Waals surface area contributed by atoms with Gasteiger partial charge in [0.05, 0.1) is 5.69 Å². The van der Waals surface area contributed by atoms with Crippen molar-refractivity contribution in [2.24, 2.45) is 5.84 Å². The Bertz CT molecular complexity index is 599. The standard InChI is InChI=1S/C13H11F2N3O/c14-9-3-6-12(11(15)7-9)17-13(19)8-1-4-10(18-16)5-2-8/h1-7,18H,16H2,(H,17,19). The molecule has 0 bridgehead atoms. The summed E-state index contributed by atoms with van der Waals surface area (Å²) >= 11 is 0. The zero-order valence-electron chi connectivity index (χ0n) is 9.78. The van der Waals surface area contributed by atoms with E-state index in [1.807, 2.05) is 0 Å². The summed E-state index contributed by atoms with van der Waals surface area (Å²) in [5.74, 6) is 3.18. The van der Waals surface area contributed by atoms with Gasteiger partial charge in [-0.3, -0.25) is 10.6 Å². The van der Waals surface area contributed by atoms with Crippen LogP contribution < -0.4 is 16.6 Å². The Morgan fingerprint density at radius 3 is 2.32 bits per heavy atom. The molecular formula is C13H11F2N3O. The first-order chi connectivity index (χ1) is 9.10. The van der Waals surface area contributed by atoms with E-state index in [1.165, 1.54) is 18.2 Å². The van der Waals surface area contributed by atoms with E-state index in [0.29, 0.717) is 17.3 Å². The highest BCUT2D eigenvalue weighted by Crippen LogP contribution is 2.16. The quantitative estimate of drug-likeness (QED) is 0.588. The van der Waals surface area contributed by atoms with Crippen LogP contribution in [0.2, 0.25) is 0 Å². The van der Waals surface area contributed by atoms with Crippen molar-refractivity contribution >= 4 is 17.3 Å². The number of nitrogen functional groups attached to an aromatic ring is 1. The Balaban J connectivity index is 2.15. The lowest BCUT2D eigenvalue weighted by atomic mass is 10.2. The molecule has 2 rings (SSSR count). The van der Waals surface area contributed by atoms with Crippen LogP contribution in [0, 0.1) is 11.6 Å². The number of carbonyl (C=O) groups excluding carboxylic acids is 1. The van der Waals surface area contributed by atoms with Crippen LogP contribution in [0.5, 0.6) is 0 Å². The Kier molecular flexibility index (Phi) is 3.72. The first-order valence-corrected chi connectivity index (χ1v) is 5.43. The first-order valence-electron chi connectivity index (χ1n) is 5.43. The van der Waals surface area contributed by atoms with Gasteiger partial charge in [-0.15, -0.1) is 0 Å². The van der Waals surface area contributed by atoms with Gasteiger partial charge in [-0.05, 0) is 36.4 Å². The summed E-state index contributed by atoms with van der Waals surface area (Å²) in [5.41, 5.74) is 3.33. The van der Waals surface area contributed by atoms with E-state index < -0.39 is 17.5 Å². The maximum Gasteiger partial charge on any atom is 0.255 e. The average molecular weight is 263 g/mol. The van der Waals surface area contributed by atoms with E-state index in [1.54, 1.807) is 12.1 Å². The SMILES string of the molecule is NNc1ccc(C(=O)Nc2ccc(F)cc2F)cc1. The smallest absolute Gasteiger partial charge is 0.255 e. The van der Waals surface area contributed by atoms with Gasteiger partial charge in [0.2, 0.25) is 0 Å². The van der Waals surface area contributed by atoms with Crippen molar-refractivity contribution in [2.75, 3.05) is 10.7 Å². The lowest BCUT2D eigenvalue weighted by molar-refractivity contribution is 0.102. The van der Waals surface area contributed by atoms with E-state index in [-0.39, 0.29) is 5.69 Å². The molecule has 0 unspecified atom stereocenters. The topological polar surface area (TPSA) is 67.1 Å². The number of benzene rings is 2. The number of hydrogen-bond donors (Lipinski definition) is 3. The Morgan fingerprint density at radius 1 is 1.05 bits per heavy atom. The van der Waals surface area contributed by atoms with E-state index in [9.17, 15) is 13.6 Å². The molecule has 98 valence electrons.